The maximum Gasteiger partial charge on any atom is 0.405 e. The molecule has 58 heavy (non-hydrogen) atoms. The van der Waals surface area contributed by atoms with E-state index in [0.29, 0.717) is 45.9 Å². The number of hydrogen-bond acceptors (Lipinski definition) is 12. The van der Waals surface area contributed by atoms with Crippen LogP contribution in [0.4, 0.5) is 9.93 Å². The molecule has 1 aliphatic carbocycles. The lowest BCUT2D eigenvalue weighted by molar-refractivity contribution is -0.142. The Morgan fingerprint density at radius 1 is 1.16 bits per heavy atom. The second kappa shape index (κ2) is 17.0. The number of anilines is 1. The van der Waals surface area contributed by atoms with Crippen molar-refractivity contribution < 1.29 is 38.1 Å². The standard InChI is InChI=1S/C41H52N7O8PS/c1-9-25-20-41(25,57(53,55-10-2)22-26-13-11-12-16-42-26)47-36(49)33-18-28(21-48(33)37(50)35(40(5,6)7)46-39(51)52)56-34-19-31(32-23-58-38(45-32)43-24(3)4)44-30-17-27(54-8)14-15-29(30)34/h9,11-17,19,23-25,28,33,35,46H,1,10,18,20-22H2,2-8H3,(H,43,45)(H,47,49)(H,51,52)/t25-,28-,33+,35-,41-,57?/m1/s1. The van der Waals surface area contributed by atoms with Crippen LogP contribution >= 0.6 is 18.7 Å². The number of rotatable bonds is 16. The molecule has 17 heteroatoms. The number of carbonyl (C=O) groups is 3. The van der Waals surface area contributed by atoms with E-state index in [9.17, 15) is 24.1 Å². The molecule has 1 unspecified atom stereocenters. The molecule has 0 bridgehead atoms. The average molecular weight is 834 g/mol. The van der Waals surface area contributed by atoms with E-state index in [-0.39, 0.29) is 37.7 Å². The van der Waals surface area contributed by atoms with Gasteiger partial charge in [-0.25, -0.2) is 14.8 Å². The van der Waals surface area contributed by atoms with Gasteiger partial charge in [-0.05, 0) is 56.9 Å². The van der Waals surface area contributed by atoms with Crippen molar-refractivity contribution >= 4 is 52.6 Å². The first kappa shape index (κ1) is 42.6. The molecule has 4 aromatic rings. The predicted molar refractivity (Wildman–Crippen MR) is 223 cm³/mol. The van der Waals surface area contributed by atoms with Crippen LogP contribution in [0.15, 0.2) is 66.7 Å². The van der Waals surface area contributed by atoms with Gasteiger partial charge in [0.1, 0.15) is 40.7 Å². The van der Waals surface area contributed by atoms with E-state index >= 15 is 0 Å². The van der Waals surface area contributed by atoms with Crippen molar-refractivity contribution in [2.75, 3.05) is 25.6 Å². The molecular weight excluding hydrogens is 782 g/mol. The Labute approximate surface area is 342 Å². The van der Waals surface area contributed by atoms with Crippen LogP contribution in [0, 0.1) is 11.3 Å². The Bertz CT molecular complexity index is 2210. The number of methoxy groups -OCH3 is 1. The zero-order chi connectivity index (χ0) is 42.0. The molecule has 1 saturated carbocycles. The summed E-state index contributed by atoms with van der Waals surface area (Å²) in [4.78, 5) is 56.6. The highest BCUT2D eigenvalue weighted by Crippen LogP contribution is 2.73. The van der Waals surface area contributed by atoms with Crippen LogP contribution in [0.3, 0.4) is 0 Å². The fourth-order valence-electron chi connectivity index (χ4n) is 7.42. The molecular formula is C41H52N7O8PS. The molecule has 2 aliphatic rings. The van der Waals surface area contributed by atoms with Crippen molar-refractivity contribution in [2.24, 2.45) is 11.3 Å². The highest BCUT2D eigenvalue weighted by Gasteiger charge is 2.67. The number of ether oxygens (including phenoxy) is 2. The smallest absolute Gasteiger partial charge is 0.405 e. The average Bonchev–Trinajstić information content (AvgIpc) is 3.45. The number of thiazole rings is 1. The first-order valence-electron chi connectivity index (χ1n) is 19.3. The van der Waals surface area contributed by atoms with E-state index < -0.39 is 54.2 Å². The first-order valence-corrected chi connectivity index (χ1v) is 22.0. The fraction of sp³-hybridized carbons (Fsp3) is 0.463. The summed E-state index contributed by atoms with van der Waals surface area (Å²) in [6.07, 6.45) is 1.51. The summed E-state index contributed by atoms with van der Waals surface area (Å²) in [6.45, 7) is 15.1. The van der Waals surface area contributed by atoms with Gasteiger partial charge in [0.05, 0.1) is 43.3 Å². The van der Waals surface area contributed by atoms with E-state index in [1.165, 1.54) is 16.2 Å². The van der Waals surface area contributed by atoms with E-state index in [0.717, 1.165) is 5.13 Å². The number of nitrogens with zero attached hydrogens (tertiary/aromatic N) is 4. The van der Waals surface area contributed by atoms with Gasteiger partial charge in [0.15, 0.2) is 5.13 Å². The van der Waals surface area contributed by atoms with Gasteiger partial charge in [-0.3, -0.25) is 19.1 Å². The number of nitrogens with one attached hydrogen (secondary N) is 3. The van der Waals surface area contributed by atoms with Crippen LogP contribution in [-0.2, 0) is 24.8 Å². The van der Waals surface area contributed by atoms with Gasteiger partial charge in [0.25, 0.3) is 0 Å². The lowest BCUT2D eigenvalue weighted by atomic mass is 9.85. The number of amides is 3. The lowest BCUT2D eigenvalue weighted by Gasteiger charge is -2.35. The molecule has 2 fully saturated rings. The molecule has 6 rings (SSSR count). The minimum atomic E-state index is -3.67. The van der Waals surface area contributed by atoms with Crippen LogP contribution in [0.1, 0.15) is 60.1 Å². The van der Waals surface area contributed by atoms with E-state index in [1.54, 1.807) is 83.5 Å². The summed E-state index contributed by atoms with van der Waals surface area (Å²) >= 11 is 1.45. The number of hydrogen-bond donors (Lipinski definition) is 4. The molecule has 0 radical (unpaired) electrons. The van der Waals surface area contributed by atoms with Crippen LogP contribution in [0.2, 0.25) is 0 Å². The minimum Gasteiger partial charge on any atom is -0.497 e. The maximum absolute atomic E-state index is 14.9. The SMILES string of the molecule is C=C[C@@H]1C[C@@]1(NC(=O)[C@@H]1C[C@@H](Oc2cc(-c3csc(NC(C)C)n3)nc3cc(OC)ccc23)CN1C(=O)[C@@H](NC(=O)O)C(C)(C)C)P(=O)(Cc1ccccn1)OCC. The molecule has 0 spiro atoms. The number of carboxylic acid groups (broad SMARTS) is 1. The summed E-state index contributed by atoms with van der Waals surface area (Å²) in [5.41, 5.74) is 1.46. The van der Waals surface area contributed by atoms with Gasteiger partial charge in [0, 0.05) is 47.5 Å². The third-order valence-corrected chi connectivity index (χ3v) is 14.4. The van der Waals surface area contributed by atoms with Crippen LogP contribution in [0.25, 0.3) is 22.3 Å². The van der Waals surface area contributed by atoms with Gasteiger partial charge >= 0.3 is 6.09 Å². The summed E-state index contributed by atoms with van der Waals surface area (Å²) < 4.78 is 33.2. The molecule has 4 N–H and O–H groups in total. The highest BCUT2D eigenvalue weighted by molar-refractivity contribution is 7.60. The zero-order valence-electron chi connectivity index (χ0n) is 33.9. The molecule has 310 valence electrons. The molecule has 15 nitrogen and oxygen atoms in total. The molecule has 3 amide bonds. The lowest BCUT2D eigenvalue weighted by Crippen LogP contribution is -2.58. The summed E-state index contributed by atoms with van der Waals surface area (Å²) in [5, 5.41) is 20.6. The predicted octanol–water partition coefficient (Wildman–Crippen LogP) is 7.15. The van der Waals surface area contributed by atoms with Crippen molar-refractivity contribution in [1.29, 1.82) is 0 Å². The molecule has 1 aliphatic heterocycles. The molecule has 4 heterocycles. The second-order valence-corrected chi connectivity index (χ2v) is 19.6. The molecule has 1 aromatic carbocycles. The highest BCUT2D eigenvalue weighted by atomic mass is 32.1. The van der Waals surface area contributed by atoms with Crippen molar-refractivity contribution in [3.63, 3.8) is 0 Å². The van der Waals surface area contributed by atoms with Crippen molar-refractivity contribution in [2.45, 2.75) is 90.1 Å². The molecule has 3 aromatic heterocycles. The normalized spacial score (nSPS) is 21.9. The van der Waals surface area contributed by atoms with E-state index in [2.05, 4.69) is 27.5 Å². The Kier molecular flexibility index (Phi) is 12.5. The van der Waals surface area contributed by atoms with Gasteiger partial charge in [-0.2, -0.15) is 0 Å². The van der Waals surface area contributed by atoms with Gasteiger partial charge in [-0.15, -0.1) is 17.9 Å². The Balaban J connectivity index is 1.37. The topological polar surface area (TPSA) is 194 Å². The second-order valence-electron chi connectivity index (χ2n) is 16.0. The monoisotopic (exact) mass is 833 g/mol. The van der Waals surface area contributed by atoms with Gasteiger partial charge in [-0.1, -0.05) is 32.9 Å². The largest absolute Gasteiger partial charge is 0.497 e. The third kappa shape index (κ3) is 8.98. The Morgan fingerprint density at radius 3 is 2.55 bits per heavy atom. The summed E-state index contributed by atoms with van der Waals surface area (Å²) in [7, 11) is -2.10. The Morgan fingerprint density at radius 2 is 1.93 bits per heavy atom. The maximum atomic E-state index is 14.9. The number of aromatic nitrogens is 3. The van der Waals surface area contributed by atoms with Crippen molar-refractivity contribution in [1.82, 2.24) is 30.5 Å². The third-order valence-electron chi connectivity index (χ3n) is 10.3. The van der Waals surface area contributed by atoms with Crippen molar-refractivity contribution in [3.8, 4) is 22.9 Å². The number of pyridine rings is 2. The quantitative estimate of drug-likeness (QED) is 0.0659. The summed E-state index contributed by atoms with van der Waals surface area (Å²) in [5.74, 6) is -0.482. The van der Waals surface area contributed by atoms with Crippen LogP contribution < -0.4 is 25.4 Å². The van der Waals surface area contributed by atoms with E-state index in [4.69, 9.17) is 24.0 Å². The first-order chi connectivity index (χ1) is 27.5. The van der Waals surface area contributed by atoms with Gasteiger partial charge < -0.3 is 40.0 Å². The zero-order valence-corrected chi connectivity index (χ0v) is 35.6. The van der Waals surface area contributed by atoms with Gasteiger partial charge in [0.2, 0.25) is 19.2 Å². The summed E-state index contributed by atoms with van der Waals surface area (Å²) in [6, 6.07) is 10.4. The molecule has 6 atom stereocenters. The van der Waals surface area contributed by atoms with Crippen molar-refractivity contribution in [3.05, 3.63) is 72.4 Å². The van der Waals surface area contributed by atoms with Crippen LogP contribution in [0.5, 0.6) is 11.5 Å². The Hall–Kier alpha value is -5.05. The minimum absolute atomic E-state index is 0.0176. The number of carbonyl (C=O) groups excluding carboxylic acids is 2. The number of likely N-dealkylation sites (tertiary alicyclic amines) is 1. The molecule has 1 saturated heterocycles. The fourth-order valence-corrected chi connectivity index (χ4v) is 11.3. The number of fused-ring (bicyclic) bond motifs is 1. The van der Waals surface area contributed by atoms with E-state index in [1.807, 2.05) is 25.3 Å². The number of benzene rings is 1. The van der Waals surface area contributed by atoms with Crippen LogP contribution in [-0.4, -0.2) is 92.6 Å².